The maximum absolute atomic E-state index is 11.5. The molecule has 4 heteroatoms. The highest BCUT2D eigenvalue weighted by Gasteiger charge is 2.33. The van der Waals surface area contributed by atoms with Crippen molar-refractivity contribution in [1.29, 1.82) is 0 Å². The van der Waals surface area contributed by atoms with Gasteiger partial charge in [-0.25, -0.2) is 0 Å². The number of ketones is 1. The van der Waals surface area contributed by atoms with E-state index in [0.29, 0.717) is 25.7 Å². The Labute approximate surface area is 130 Å². The van der Waals surface area contributed by atoms with Crippen molar-refractivity contribution >= 4 is 11.8 Å². The van der Waals surface area contributed by atoms with Crippen molar-refractivity contribution < 1.29 is 19.4 Å². The second-order valence-corrected chi connectivity index (χ2v) is 5.69. The highest BCUT2D eigenvalue weighted by molar-refractivity contribution is 5.82. The van der Waals surface area contributed by atoms with Gasteiger partial charge in [0.15, 0.2) is 0 Å². The van der Waals surface area contributed by atoms with E-state index in [0.717, 1.165) is 5.56 Å². The minimum Gasteiger partial charge on any atom is -0.461 e. The van der Waals surface area contributed by atoms with Crippen LogP contribution in [0.1, 0.15) is 44.3 Å². The predicted molar refractivity (Wildman–Crippen MR) is 83.1 cm³/mol. The summed E-state index contributed by atoms with van der Waals surface area (Å²) in [7, 11) is 0. The Hall–Kier alpha value is -1.94. The zero-order valence-corrected chi connectivity index (χ0v) is 12.8. The number of ether oxygens (including phenoxy) is 1. The minimum absolute atomic E-state index is 0.0368. The standard InChI is InChI=1S/C18H22O4/c1-13(19)22-18-12-16(20)11-15(18)9-5-6-10-17(21)14-7-3-2-4-8-14/h2-5,7-9,15,17-18,21H,6,10-12H2,1H3. The van der Waals surface area contributed by atoms with Crippen LogP contribution in [-0.2, 0) is 14.3 Å². The molecule has 2 rings (SSSR count). The average molecular weight is 302 g/mol. The Balaban J connectivity index is 1.81. The first-order valence-electron chi connectivity index (χ1n) is 7.65. The van der Waals surface area contributed by atoms with Crippen molar-refractivity contribution in [3.8, 4) is 0 Å². The molecule has 0 heterocycles. The van der Waals surface area contributed by atoms with Crippen molar-refractivity contribution in [3.63, 3.8) is 0 Å². The van der Waals surface area contributed by atoms with Gasteiger partial charge in [0, 0.05) is 25.7 Å². The SMILES string of the molecule is CC(=O)OC1CC(=O)CC1C=CCCC(O)c1ccccc1. The summed E-state index contributed by atoms with van der Waals surface area (Å²) in [6.45, 7) is 1.36. The van der Waals surface area contributed by atoms with Gasteiger partial charge in [0.2, 0.25) is 0 Å². The summed E-state index contributed by atoms with van der Waals surface area (Å²) >= 11 is 0. The lowest BCUT2D eigenvalue weighted by molar-refractivity contribution is -0.147. The monoisotopic (exact) mass is 302 g/mol. The zero-order chi connectivity index (χ0) is 15.9. The van der Waals surface area contributed by atoms with Crippen LogP contribution in [0.5, 0.6) is 0 Å². The molecule has 4 nitrogen and oxygen atoms in total. The molecule has 0 aliphatic heterocycles. The number of esters is 1. The van der Waals surface area contributed by atoms with Gasteiger partial charge < -0.3 is 9.84 Å². The van der Waals surface area contributed by atoms with E-state index in [1.807, 2.05) is 42.5 Å². The first kappa shape index (κ1) is 16.4. The van der Waals surface area contributed by atoms with E-state index in [-0.39, 0.29) is 23.8 Å². The largest absolute Gasteiger partial charge is 0.461 e. The van der Waals surface area contributed by atoms with Gasteiger partial charge in [-0.15, -0.1) is 0 Å². The molecule has 0 amide bonds. The normalized spacial score (nSPS) is 22.9. The summed E-state index contributed by atoms with van der Waals surface area (Å²) in [4.78, 5) is 22.5. The van der Waals surface area contributed by atoms with E-state index < -0.39 is 6.10 Å². The molecule has 1 aliphatic carbocycles. The highest BCUT2D eigenvalue weighted by Crippen LogP contribution is 2.27. The predicted octanol–water partition coefficient (Wildman–Crippen LogP) is 2.97. The molecule has 1 aromatic rings. The second-order valence-electron chi connectivity index (χ2n) is 5.69. The molecular weight excluding hydrogens is 280 g/mol. The maximum atomic E-state index is 11.5. The Morgan fingerprint density at radius 2 is 2.09 bits per heavy atom. The van der Waals surface area contributed by atoms with E-state index >= 15 is 0 Å². The second kappa shape index (κ2) is 7.90. The van der Waals surface area contributed by atoms with Crippen molar-refractivity contribution in [1.82, 2.24) is 0 Å². The summed E-state index contributed by atoms with van der Waals surface area (Å²) in [5.74, 6) is -0.256. The summed E-state index contributed by atoms with van der Waals surface area (Å²) in [5.41, 5.74) is 0.907. The molecule has 3 unspecified atom stereocenters. The molecule has 118 valence electrons. The zero-order valence-electron chi connectivity index (χ0n) is 12.8. The molecule has 0 aromatic heterocycles. The van der Waals surface area contributed by atoms with Crippen LogP contribution in [0.25, 0.3) is 0 Å². The number of aliphatic hydroxyl groups excluding tert-OH is 1. The number of hydrogen-bond donors (Lipinski definition) is 1. The van der Waals surface area contributed by atoms with Crippen LogP contribution in [0.4, 0.5) is 0 Å². The van der Waals surface area contributed by atoms with Crippen LogP contribution in [0.2, 0.25) is 0 Å². The summed E-state index contributed by atoms with van der Waals surface area (Å²) in [5, 5.41) is 10.1. The number of rotatable bonds is 6. The molecule has 3 atom stereocenters. The Kier molecular flexibility index (Phi) is 5.90. The van der Waals surface area contributed by atoms with Gasteiger partial charge in [-0.2, -0.15) is 0 Å². The van der Waals surface area contributed by atoms with Gasteiger partial charge in [-0.05, 0) is 18.4 Å². The molecule has 1 fully saturated rings. The molecule has 1 saturated carbocycles. The van der Waals surface area contributed by atoms with Crippen molar-refractivity contribution in [2.75, 3.05) is 0 Å². The Morgan fingerprint density at radius 1 is 1.36 bits per heavy atom. The first-order valence-corrected chi connectivity index (χ1v) is 7.65. The van der Waals surface area contributed by atoms with Crippen molar-refractivity contribution in [2.24, 2.45) is 5.92 Å². The summed E-state index contributed by atoms with van der Waals surface area (Å²) < 4.78 is 5.18. The van der Waals surface area contributed by atoms with Gasteiger partial charge >= 0.3 is 5.97 Å². The maximum Gasteiger partial charge on any atom is 0.302 e. The van der Waals surface area contributed by atoms with E-state index in [2.05, 4.69) is 0 Å². The molecule has 1 aromatic carbocycles. The molecule has 1 N–H and O–H groups in total. The number of benzene rings is 1. The number of hydrogen-bond acceptors (Lipinski definition) is 4. The van der Waals surface area contributed by atoms with Crippen LogP contribution in [0.3, 0.4) is 0 Å². The smallest absolute Gasteiger partial charge is 0.302 e. The Bertz CT molecular complexity index is 535. The number of carbonyl (C=O) groups is 2. The van der Waals surface area contributed by atoms with Crippen LogP contribution >= 0.6 is 0 Å². The molecular formula is C18H22O4. The summed E-state index contributed by atoms with van der Waals surface area (Å²) in [6, 6.07) is 9.54. The molecule has 0 saturated heterocycles. The topological polar surface area (TPSA) is 63.6 Å². The van der Waals surface area contributed by atoms with Gasteiger partial charge in [-0.3, -0.25) is 9.59 Å². The minimum atomic E-state index is -0.486. The van der Waals surface area contributed by atoms with Gasteiger partial charge in [-0.1, -0.05) is 42.5 Å². The molecule has 0 spiro atoms. The van der Waals surface area contributed by atoms with E-state index in [1.54, 1.807) is 0 Å². The third-order valence-electron chi connectivity index (χ3n) is 3.86. The van der Waals surface area contributed by atoms with E-state index in [4.69, 9.17) is 4.74 Å². The van der Waals surface area contributed by atoms with Crippen LogP contribution in [-0.4, -0.2) is 23.0 Å². The molecule has 0 bridgehead atoms. The van der Waals surface area contributed by atoms with Gasteiger partial charge in [0.25, 0.3) is 0 Å². The third-order valence-corrected chi connectivity index (χ3v) is 3.86. The lowest BCUT2D eigenvalue weighted by atomic mass is 10.0. The van der Waals surface area contributed by atoms with Crippen molar-refractivity contribution in [3.05, 3.63) is 48.0 Å². The van der Waals surface area contributed by atoms with Crippen LogP contribution in [0.15, 0.2) is 42.5 Å². The highest BCUT2D eigenvalue weighted by atomic mass is 16.5. The van der Waals surface area contributed by atoms with Crippen LogP contribution in [0, 0.1) is 5.92 Å². The molecule has 22 heavy (non-hydrogen) atoms. The third kappa shape index (κ3) is 4.81. The quantitative estimate of drug-likeness (QED) is 0.648. The first-order chi connectivity index (χ1) is 10.6. The number of carbonyl (C=O) groups excluding carboxylic acids is 2. The summed E-state index contributed by atoms with van der Waals surface area (Å²) in [6.07, 6.45) is 5.16. The fourth-order valence-corrected chi connectivity index (χ4v) is 2.75. The van der Waals surface area contributed by atoms with Crippen molar-refractivity contribution in [2.45, 2.75) is 44.8 Å². The average Bonchev–Trinajstić information content (AvgIpc) is 2.83. The molecule has 0 radical (unpaired) electrons. The fourth-order valence-electron chi connectivity index (χ4n) is 2.75. The van der Waals surface area contributed by atoms with Gasteiger partial charge in [0.05, 0.1) is 6.10 Å². The van der Waals surface area contributed by atoms with E-state index in [9.17, 15) is 14.7 Å². The lowest BCUT2D eigenvalue weighted by Crippen LogP contribution is -2.19. The number of Topliss-reactive ketones (excluding diaryl/α,β-unsaturated/α-hetero) is 1. The fraction of sp³-hybridized carbons (Fsp3) is 0.444. The number of allylic oxidation sites excluding steroid dienone is 1. The van der Waals surface area contributed by atoms with Gasteiger partial charge in [0.1, 0.15) is 11.9 Å². The molecule has 1 aliphatic rings. The number of aliphatic hydroxyl groups is 1. The van der Waals surface area contributed by atoms with Crippen LogP contribution < -0.4 is 0 Å². The lowest BCUT2D eigenvalue weighted by Gasteiger charge is -2.15. The Morgan fingerprint density at radius 3 is 2.77 bits per heavy atom. The van der Waals surface area contributed by atoms with E-state index in [1.165, 1.54) is 6.92 Å².